The molecule has 3 N–H and O–H groups in total. The number of nitrogens with one attached hydrogen (secondary N) is 1. The number of nitrogens with two attached hydrogens (primary N) is 1. The average Bonchev–Trinajstić information content (AvgIpc) is 2.58. The third kappa shape index (κ3) is 1.95. The van der Waals surface area contributed by atoms with Gasteiger partial charge >= 0.3 is 0 Å². The highest BCUT2D eigenvalue weighted by Crippen LogP contribution is 2.29. The molecule has 2 atom stereocenters. The van der Waals surface area contributed by atoms with Crippen LogP contribution >= 0.6 is 0 Å². The molecule has 1 aliphatic rings. The number of rotatable bonds is 2. The van der Waals surface area contributed by atoms with Crippen molar-refractivity contribution in [2.45, 2.75) is 33.2 Å². The maximum absolute atomic E-state index is 5.34. The Hall–Kier alpha value is -1.36. The van der Waals surface area contributed by atoms with E-state index in [4.69, 9.17) is 5.84 Å². The lowest BCUT2D eigenvalue weighted by Crippen LogP contribution is -2.29. The van der Waals surface area contributed by atoms with Crippen LogP contribution in [0.2, 0.25) is 0 Å². The SMILES string of the molecule is Cc1cnc(NN)nc1N1CC(C)CC1C. The monoisotopic (exact) mass is 221 g/mol. The molecule has 1 aromatic heterocycles. The summed E-state index contributed by atoms with van der Waals surface area (Å²) in [5, 5.41) is 0. The molecule has 0 aliphatic carbocycles. The highest BCUT2D eigenvalue weighted by atomic mass is 15.3. The highest BCUT2D eigenvalue weighted by molar-refractivity contribution is 5.50. The van der Waals surface area contributed by atoms with E-state index in [1.807, 2.05) is 13.1 Å². The van der Waals surface area contributed by atoms with Gasteiger partial charge in [0, 0.05) is 24.3 Å². The fourth-order valence-electron chi connectivity index (χ4n) is 2.39. The number of aromatic nitrogens is 2. The lowest BCUT2D eigenvalue weighted by Gasteiger charge is -2.24. The van der Waals surface area contributed by atoms with Crippen LogP contribution in [0.4, 0.5) is 11.8 Å². The van der Waals surface area contributed by atoms with Crippen LogP contribution in [0.25, 0.3) is 0 Å². The molecule has 2 heterocycles. The minimum atomic E-state index is 0.479. The molecule has 2 unspecified atom stereocenters. The normalized spacial score (nSPS) is 24.9. The Balaban J connectivity index is 2.32. The number of hydrogen-bond acceptors (Lipinski definition) is 5. The fourth-order valence-corrected chi connectivity index (χ4v) is 2.39. The quantitative estimate of drug-likeness (QED) is 0.582. The molecule has 1 aromatic rings. The minimum Gasteiger partial charge on any atom is -0.353 e. The first-order valence-corrected chi connectivity index (χ1v) is 5.68. The summed E-state index contributed by atoms with van der Waals surface area (Å²) in [7, 11) is 0. The first-order valence-electron chi connectivity index (χ1n) is 5.68. The second-order valence-corrected chi connectivity index (χ2v) is 4.69. The number of aryl methyl sites for hydroxylation is 1. The van der Waals surface area contributed by atoms with Crippen LogP contribution < -0.4 is 16.2 Å². The molecule has 0 spiro atoms. The van der Waals surface area contributed by atoms with Crippen LogP contribution in [-0.2, 0) is 0 Å². The van der Waals surface area contributed by atoms with Crippen molar-refractivity contribution < 1.29 is 0 Å². The first kappa shape index (κ1) is 11.1. The van der Waals surface area contributed by atoms with Gasteiger partial charge in [0.05, 0.1) is 0 Å². The molecule has 0 amide bonds. The van der Waals surface area contributed by atoms with Crippen LogP contribution in [0.3, 0.4) is 0 Å². The number of nitrogens with zero attached hydrogens (tertiary/aromatic N) is 3. The van der Waals surface area contributed by atoms with Gasteiger partial charge in [-0.1, -0.05) is 6.92 Å². The maximum Gasteiger partial charge on any atom is 0.239 e. The standard InChI is InChI=1S/C11H19N5/c1-7-4-9(3)16(6-7)10-8(2)5-13-11(14-10)15-12/h5,7,9H,4,6,12H2,1-3H3,(H,13,14,15). The second kappa shape index (κ2) is 4.25. The van der Waals surface area contributed by atoms with E-state index < -0.39 is 0 Å². The summed E-state index contributed by atoms with van der Waals surface area (Å²) in [5.41, 5.74) is 3.59. The van der Waals surface area contributed by atoms with Crippen molar-refractivity contribution in [3.8, 4) is 0 Å². The number of hydrogen-bond donors (Lipinski definition) is 2. The first-order chi connectivity index (χ1) is 7.61. The Kier molecular flexibility index (Phi) is 2.96. The van der Waals surface area contributed by atoms with Crippen molar-refractivity contribution in [3.63, 3.8) is 0 Å². The zero-order chi connectivity index (χ0) is 11.7. The van der Waals surface area contributed by atoms with E-state index >= 15 is 0 Å². The van der Waals surface area contributed by atoms with Crippen molar-refractivity contribution >= 4 is 11.8 Å². The molecular weight excluding hydrogens is 202 g/mol. The molecule has 0 bridgehead atoms. The van der Waals surface area contributed by atoms with Crippen molar-refractivity contribution in [3.05, 3.63) is 11.8 Å². The lowest BCUT2D eigenvalue weighted by molar-refractivity contribution is 0.625. The Labute approximate surface area is 96.0 Å². The minimum absolute atomic E-state index is 0.479. The van der Waals surface area contributed by atoms with Gasteiger partial charge in [-0.15, -0.1) is 0 Å². The van der Waals surface area contributed by atoms with E-state index in [1.54, 1.807) is 0 Å². The van der Waals surface area contributed by atoms with Crippen molar-refractivity contribution in [2.24, 2.45) is 11.8 Å². The van der Waals surface area contributed by atoms with Gasteiger partial charge < -0.3 is 4.90 Å². The Bertz CT molecular complexity index is 379. The van der Waals surface area contributed by atoms with Crippen LogP contribution in [0.15, 0.2) is 6.20 Å². The maximum atomic E-state index is 5.34. The average molecular weight is 221 g/mol. The number of nitrogen functional groups attached to an aromatic ring is 1. The molecule has 0 saturated carbocycles. The number of anilines is 2. The highest BCUT2D eigenvalue weighted by Gasteiger charge is 2.28. The largest absolute Gasteiger partial charge is 0.353 e. The molecule has 5 nitrogen and oxygen atoms in total. The van der Waals surface area contributed by atoms with Crippen LogP contribution in [0.1, 0.15) is 25.8 Å². The van der Waals surface area contributed by atoms with Gasteiger partial charge in [0.2, 0.25) is 5.95 Å². The summed E-state index contributed by atoms with van der Waals surface area (Å²) < 4.78 is 0. The van der Waals surface area contributed by atoms with Gasteiger partial charge in [-0.05, 0) is 26.2 Å². The number of hydrazine groups is 1. The molecule has 1 saturated heterocycles. The van der Waals surface area contributed by atoms with Crippen molar-refractivity contribution in [2.75, 3.05) is 16.9 Å². The molecular formula is C11H19N5. The lowest BCUT2D eigenvalue weighted by atomic mass is 10.1. The molecule has 2 rings (SSSR count). The summed E-state index contributed by atoms with van der Waals surface area (Å²) in [5.74, 6) is 7.54. The Morgan fingerprint density at radius 3 is 2.81 bits per heavy atom. The molecule has 0 radical (unpaired) electrons. The van der Waals surface area contributed by atoms with Gasteiger partial charge in [-0.3, -0.25) is 5.43 Å². The van der Waals surface area contributed by atoms with Crippen molar-refractivity contribution in [1.82, 2.24) is 9.97 Å². The smallest absolute Gasteiger partial charge is 0.239 e. The van der Waals surface area contributed by atoms with E-state index in [2.05, 4.69) is 34.1 Å². The van der Waals surface area contributed by atoms with Gasteiger partial charge in [0.25, 0.3) is 0 Å². The van der Waals surface area contributed by atoms with Gasteiger partial charge in [-0.25, -0.2) is 10.8 Å². The molecule has 88 valence electrons. The summed E-state index contributed by atoms with van der Waals surface area (Å²) in [6, 6.07) is 0.536. The van der Waals surface area contributed by atoms with E-state index in [0.29, 0.717) is 12.0 Å². The predicted octanol–water partition coefficient (Wildman–Crippen LogP) is 1.31. The van der Waals surface area contributed by atoms with Gasteiger partial charge in [0.15, 0.2) is 0 Å². The molecule has 1 fully saturated rings. The zero-order valence-electron chi connectivity index (χ0n) is 10.1. The van der Waals surface area contributed by atoms with E-state index in [-0.39, 0.29) is 0 Å². The third-order valence-electron chi connectivity index (χ3n) is 3.13. The van der Waals surface area contributed by atoms with E-state index in [9.17, 15) is 0 Å². The molecule has 0 aromatic carbocycles. The molecule has 16 heavy (non-hydrogen) atoms. The fraction of sp³-hybridized carbons (Fsp3) is 0.636. The Morgan fingerprint density at radius 2 is 2.25 bits per heavy atom. The summed E-state index contributed by atoms with van der Waals surface area (Å²) in [6.45, 7) is 7.60. The second-order valence-electron chi connectivity index (χ2n) is 4.69. The third-order valence-corrected chi connectivity index (χ3v) is 3.13. The van der Waals surface area contributed by atoms with Gasteiger partial charge in [0.1, 0.15) is 5.82 Å². The van der Waals surface area contributed by atoms with Crippen molar-refractivity contribution in [1.29, 1.82) is 0 Å². The zero-order valence-corrected chi connectivity index (χ0v) is 10.1. The predicted molar refractivity (Wildman–Crippen MR) is 65.2 cm³/mol. The van der Waals surface area contributed by atoms with E-state index in [1.165, 1.54) is 6.42 Å². The van der Waals surface area contributed by atoms with Crippen LogP contribution in [-0.4, -0.2) is 22.6 Å². The summed E-state index contributed by atoms with van der Waals surface area (Å²) in [4.78, 5) is 10.9. The Morgan fingerprint density at radius 1 is 1.50 bits per heavy atom. The topological polar surface area (TPSA) is 67.1 Å². The molecule has 5 heteroatoms. The van der Waals surface area contributed by atoms with E-state index in [0.717, 1.165) is 23.8 Å². The summed E-state index contributed by atoms with van der Waals surface area (Å²) in [6.07, 6.45) is 3.03. The van der Waals surface area contributed by atoms with Gasteiger partial charge in [-0.2, -0.15) is 4.98 Å². The summed E-state index contributed by atoms with van der Waals surface area (Å²) >= 11 is 0. The molecule has 1 aliphatic heterocycles. The van der Waals surface area contributed by atoms with Crippen LogP contribution in [0, 0.1) is 12.8 Å². The van der Waals surface area contributed by atoms with Crippen LogP contribution in [0.5, 0.6) is 0 Å².